The summed E-state index contributed by atoms with van der Waals surface area (Å²) in [5.41, 5.74) is 0.537. The Morgan fingerprint density at radius 3 is 3.16 bits per heavy atom. The number of rotatable bonds is 2. The van der Waals surface area contributed by atoms with Crippen molar-refractivity contribution >= 4 is 11.5 Å². The van der Waals surface area contributed by atoms with Gasteiger partial charge in [0.15, 0.2) is 0 Å². The Balaban J connectivity index is 1.99. The van der Waals surface area contributed by atoms with Crippen LogP contribution < -0.4 is 10.5 Å². The third kappa shape index (κ3) is 2.32. The number of halogens is 1. The van der Waals surface area contributed by atoms with Gasteiger partial charge in [-0.3, -0.25) is 13.6 Å². The number of hydrogen-bond acceptors (Lipinski definition) is 3. The van der Waals surface area contributed by atoms with Crippen LogP contribution in [0.5, 0.6) is 0 Å². The quantitative estimate of drug-likeness (QED) is 0.828. The van der Waals surface area contributed by atoms with E-state index in [1.807, 2.05) is 17.0 Å². The summed E-state index contributed by atoms with van der Waals surface area (Å²) in [5.74, 6) is 0.721. The van der Waals surface area contributed by atoms with Gasteiger partial charge in [0, 0.05) is 31.3 Å². The van der Waals surface area contributed by atoms with Gasteiger partial charge < -0.3 is 4.90 Å². The molecule has 0 N–H and O–H groups in total. The fourth-order valence-electron chi connectivity index (χ4n) is 2.60. The molecule has 0 spiro atoms. The minimum absolute atomic E-state index is 0.0600. The molecule has 1 unspecified atom stereocenters. The molecule has 1 aliphatic rings. The molecule has 2 aromatic heterocycles. The molecule has 100 valence electrons. The van der Waals surface area contributed by atoms with Gasteiger partial charge in [-0.15, -0.1) is 0 Å². The Morgan fingerprint density at radius 1 is 1.42 bits per heavy atom. The first-order chi connectivity index (χ1) is 9.28. The zero-order valence-electron chi connectivity index (χ0n) is 10.6. The second-order valence-corrected chi connectivity index (χ2v) is 4.99. The van der Waals surface area contributed by atoms with Gasteiger partial charge in [0.25, 0.3) is 5.56 Å². The molecule has 0 aliphatic carbocycles. The largest absolute Gasteiger partial charge is 0.356 e. The molecule has 0 saturated carbocycles. The summed E-state index contributed by atoms with van der Waals surface area (Å²) in [6.45, 7) is 1.18. The van der Waals surface area contributed by atoms with E-state index in [-0.39, 0.29) is 18.2 Å². The van der Waals surface area contributed by atoms with Crippen LogP contribution in [0.4, 0.5) is 10.2 Å². The molecule has 3 heterocycles. The molecule has 1 aliphatic heterocycles. The highest BCUT2D eigenvalue weighted by Gasteiger charge is 2.21. The molecule has 4 nitrogen and oxygen atoms in total. The SMILES string of the molecule is O=c1cc(N2CCCC(CF)C2)nc2ccccn12. The lowest BCUT2D eigenvalue weighted by Gasteiger charge is -2.32. The highest BCUT2D eigenvalue weighted by atomic mass is 19.1. The number of hydrogen-bond donors (Lipinski definition) is 0. The van der Waals surface area contributed by atoms with E-state index >= 15 is 0 Å². The Kier molecular flexibility index (Phi) is 3.19. The Labute approximate surface area is 110 Å². The number of aromatic nitrogens is 2. The summed E-state index contributed by atoms with van der Waals surface area (Å²) in [6, 6.07) is 7.00. The summed E-state index contributed by atoms with van der Waals surface area (Å²) >= 11 is 0. The first kappa shape index (κ1) is 12.1. The first-order valence-corrected chi connectivity index (χ1v) is 6.57. The molecule has 5 heteroatoms. The molecule has 0 aromatic carbocycles. The van der Waals surface area contributed by atoms with Gasteiger partial charge >= 0.3 is 0 Å². The van der Waals surface area contributed by atoms with Crippen LogP contribution in [0.3, 0.4) is 0 Å². The standard InChI is InChI=1S/C14H16FN3O/c15-9-11-4-3-6-17(10-11)13-8-14(19)18-7-2-1-5-12(18)16-13/h1-2,5,7-8,11H,3-4,6,9-10H2. The van der Waals surface area contributed by atoms with E-state index in [0.29, 0.717) is 18.0 Å². The average Bonchev–Trinajstić information content (AvgIpc) is 2.47. The lowest BCUT2D eigenvalue weighted by molar-refractivity contribution is 0.315. The lowest BCUT2D eigenvalue weighted by atomic mass is 10.00. The topological polar surface area (TPSA) is 37.6 Å². The van der Waals surface area contributed by atoms with Crippen molar-refractivity contribution in [3.05, 3.63) is 40.8 Å². The highest BCUT2D eigenvalue weighted by Crippen LogP contribution is 2.21. The van der Waals surface area contributed by atoms with Crippen molar-refractivity contribution in [2.45, 2.75) is 12.8 Å². The fourth-order valence-corrected chi connectivity index (χ4v) is 2.60. The Bertz CT molecular complexity index is 640. The third-order valence-electron chi connectivity index (χ3n) is 3.62. The van der Waals surface area contributed by atoms with E-state index in [4.69, 9.17) is 0 Å². The first-order valence-electron chi connectivity index (χ1n) is 6.57. The predicted octanol–water partition coefficient (Wildman–Crippen LogP) is 1.88. The predicted molar refractivity (Wildman–Crippen MR) is 72.4 cm³/mol. The zero-order valence-corrected chi connectivity index (χ0v) is 10.6. The van der Waals surface area contributed by atoms with Crippen molar-refractivity contribution in [1.29, 1.82) is 0 Å². The van der Waals surface area contributed by atoms with Crippen molar-refractivity contribution in [2.24, 2.45) is 5.92 Å². The number of anilines is 1. The molecule has 2 aromatic rings. The molecule has 1 saturated heterocycles. The molecule has 19 heavy (non-hydrogen) atoms. The van der Waals surface area contributed by atoms with Gasteiger partial charge in [-0.25, -0.2) is 4.98 Å². The van der Waals surface area contributed by atoms with E-state index in [1.54, 1.807) is 12.3 Å². The summed E-state index contributed by atoms with van der Waals surface area (Å²) < 4.78 is 14.3. The van der Waals surface area contributed by atoms with Gasteiger partial charge in [-0.05, 0) is 25.0 Å². The molecule has 1 fully saturated rings. The van der Waals surface area contributed by atoms with E-state index in [2.05, 4.69) is 4.98 Å². The molecule has 0 bridgehead atoms. The highest BCUT2D eigenvalue weighted by molar-refractivity contribution is 5.48. The molecular formula is C14H16FN3O. The summed E-state index contributed by atoms with van der Waals surface area (Å²) in [7, 11) is 0. The molecule has 3 rings (SSSR count). The Morgan fingerprint density at radius 2 is 2.32 bits per heavy atom. The minimum Gasteiger partial charge on any atom is -0.356 e. The van der Waals surface area contributed by atoms with Crippen LogP contribution in [-0.4, -0.2) is 29.1 Å². The van der Waals surface area contributed by atoms with Gasteiger partial charge in [0.1, 0.15) is 11.5 Å². The second kappa shape index (κ2) is 4.99. The normalized spacial score (nSPS) is 19.8. The van der Waals surface area contributed by atoms with E-state index < -0.39 is 0 Å². The number of alkyl halides is 1. The zero-order chi connectivity index (χ0) is 13.2. The second-order valence-electron chi connectivity index (χ2n) is 4.99. The minimum atomic E-state index is -0.303. The van der Waals surface area contributed by atoms with Gasteiger partial charge in [0.05, 0.1) is 6.67 Å². The molecule has 0 amide bonds. The summed E-state index contributed by atoms with van der Waals surface area (Å²) in [4.78, 5) is 18.5. The van der Waals surface area contributed by atoms with E-state index in [0.717, 1.165) is 19.4 Å². The molecule has 0 radical (unpaired) electrons. The van der Waals surface area contributed by atoms with Gasteiger partial charge in [0.2, 0.25) is 0 Å². The van der Waals surface area contributed by atoms with Crippen LogP contribution >= 0.6 is 0 Å². The van der Waals surface area contributed by atoms with Crippen molar-refractivity contribution in [3.8, 4) is 0 Å². The van der Waals surface area contributed by atoms with Gasteiger partial charge in [-0.1, -0.05) is 6.07 Å². The fraction of sp³-hybridized carbons (Fsp3) is 0.429. The third-order valence-corrected chi connectivity index (χ3v) is 3.62. The smallest absolute Gasteiger partial charge is 0.259 e. The van der Waals surface area contributed by atoms with Gasteiger partial charge in [-0.2, -0.15) is 0 Å². The Hall–Kier alpha value is -1.91. The van der Waals surface area contributed by atoms with Crippen LogP contribution in [-0.2, 0) is 0 Å². The van der Waals surface area contributed by atoms with Crippen molar-refractivity contribution in [1.82, 2.24) is 9.38 Å². The molecule has 1 atom stereocenters. The van der Waals surface area contributed by atoms with Crippen molar-refractivity contribution < 1.29 is 4.39 Å². The maximum absolute atomic E-state index is 12.8. The van der Waals surface area contributed by atoms with Crippen molar-refractivity contribution in [3.63, 3.8) is 0 Å². The lowest BCUT2D eigenvalue weighted by Crippen LogP contribution is -2.37. The number of pyridine rings is 1. The number of nitrogens with zero attached hydrogens (tertiary/aromatic N) is 3. The number of piperidine rings is 1. The van der Waals surface area contributed by atoms with Crippen LogP contribution in [0.15, 0.2) is 35.3 Å². The van der Waals surface area contributed by atoms with Crippen molar-refractivity contribution in [2.75, 3.05) is 24.7 Å². The summed E-state index contributed by atoms with van der Waals surface area (Å²) in [5, 5.41) is 0. The maximum atomic E-state index is 12.8. The average molecular weight is 261 g/mol. The van der Waals surface area contributed by atoms with E-state index in [9.17, 15) is 9.18 Å². The van der Waals surface area contributed by atoms with Crippen LogP contribution in [0.25, 0.3) is 5.65 Å². The summed E-state index contributed by atoms with van der Waals surface area (Å²) in [6.07, 6.45) is 3.57. The molecular weight excluding hydrogens is 245 g/mol. The monoisotopic (exact) mass is 261 g/mol. The van der Waals surface area contributed by atoms with Crippen LogP contribution in [0.2, 0.25) is 0 Å². The van der Waals surface area contributed by atoms with Crippen LogP contribution in [0, 0.1) is 5.92 Å². The number of fused-ring (bicyclic) bond motifs is 1. The van der Waals surface area contributed by atoms with E-state index in [1.165, 1.54) is 10.5 Å². The maximum Gasteiger partial charge on any atom is 0.259 e. The van der Waals surface area contributed by atoms with Crippen LogP contribution in [0.1, 0.15) is 12.8 Å².